The Morgan fingerprint density at radius 1 is 0.947 bits per heavy atom. The topological polar surface area (TPSA) is 43.1 Å². The smallest absolute Gasteiger partial charge is 0.199 e. The van der Waals surface area contributed by atoms with Crippen LogP contribution >= 0.6 is 0 Å². The van der Waals surface area contributed by atoms with Crippen LogP contribution < -0.4 is 5.73 Å². The van der Waals surface area contributed by atoms with Crippen molar-refractivity contribution in [3.63, 3.8) is 0 Å². The number of anilines is 1. The van der Waals surface area contributed by atoms with E-state index in [0.29, 0.717) is 0 Å². The lowest BCUT2D eigenvalue weighted by atomic mass is 10.0. The van der Waals surface area contributed by atoms with Crippen molar-refractivity contribution < 1.29 is 18.0 Å². The van der Waals surface area contributed by atoms with E-state index in [9.17, 15) is 18.0 Å². The maximum atomic E-state index is 13.7. The molecule has 2 rings (SSSR count). The predicted octanol–water partition coefficient (Wildman–Crippen LogP) is 3.23. The molecule has 2 N–H and O–H groups in total. The maximum Gasteiger partial charge on any atom is 0.199 e. The van der Waals surface area contributed by atoms with Crippen LogP contribution in [0, 0.1) is 24.4 Å². The standard InChI is InChI=1S/C14H10F3NO/c1-7-4-13(17)10(6-12(7)16)14(19)9-5-8(18)2-3-11(9)15/h2-6H,18H2,1H3. The molecule has 0 aromatic heterocycles. The van der Waals surface area contributed by atoms with Gasteiger partial charge in [0.2, 0.25) is 0 Å². The minimum Gasteiger partial charge on any atom is -0.399 e. The van der Waals surface area contributed by atoms with Crippen molar-refractivity contribution in [1.82, 2.24) is 0 Å². The van der Waals surface area contributed by atoms with Crippen LogP contribution in [0.2, 0.25) is 0 Å². The summed E-state index contributed by atoms with van der Waals surface area (Å²) in [5.41, 5.74) is 4.78. The summed E-state index contributed by atoms with van der Waals surface area (Å²) in [6.45, 7) is 1.37. The fourth-order valence-electron chi connectivity index (χ4n) is 1.68. The highest BCUT2D eigenvalue weighted by Gasteiger charge is 2.19. The molecule has 0 heterocycles. The second-order valence-electron chi connectivity index (χ2n) is 4.15. The van der Waals surface area contributed by atoms with Crippen LogP contribution in [0.15, 0.2) is 30.3 Å². The van der Waals surface area contributed by atoms with E-state index in [2.05, 4.69) is 0 Å². The number of benzene rings is 2. The number of rotatable bonds is 2. The summed E-state index contributed by atoms with van der Waals surface area (Å²) in [5, 5.41) is 0. The molecule has 19 heavy (non-hydrogen) atoms. The van der Waals surface area contributed by atoms with E-state index in [1.54, 1.807) is 0 Å². The van der Waals surface area contributed by atoms with E-state index in [0.717, 1.165) is 24.3 Å². The van der Waals surface area contributed by atoms with Gasteiger partial charge in [-0.05, 0) is 42.8 Å². The number of hydrogen-bond acceptors (Lipinski definition) is 2. The minimum atomic E-state index is -0.943. The zero-order valence-corrected chi connectivity index (χ0v) is 10.0. The number of hydrogen-bond donors (Lipinski definition) is 1. The highest BCUT2D eigenvalue weighted by atomic mass is 19.1. The van der Waals surface area contributed by atoms with Crippen molar-refractivity contribution in [1.29, 1.82) is 0 Å². The predicted molar refractivity (Wildman–Crippen MR) is 65.3 cm³/mol. The first-order chi connectivity index (χ1) is 8.90. The third-order valence-electron chi connectivity index (χ3n) is 2.73. The summed E-state index contributed by atoms with van der Waals surface area (Å²) >= 11 is 0. The number of halogens is 3. The third-order valence-corrected chi connectivity index (χ3v) is 2.73. The van der Waals surface area contributed by atoms with Crippen molar-refractivity contribution in [2.24, 2.45) is 0 Å². The molecule has 0 amide bonds. The summed E-state index contributed by atoms with van der Waals surface area (Å²) in [6.07, 6.45) is 0. The zero-order valence-electron chi connectivity index (χ0n) is 10.0. The lowest BCUT2D eigenvalue weighted by molar-refractivity contribution is 0.103. The Kier molecular flexibility index (Phi) is 3.29. The Balaban J connectivity index is 2.56. The van der Waals surface area contributed by atoms with Gasteiger partial charge in [0.05, 0.1) is 11.1 Å². The minimum absolute atomic E-state index is 0.0714. The van der Waals surface area contributed by atoms with Gasteiger partial charge in [-0.1, -0.05) is 0 Å². The van der Waals surface area contributed by atoms with Crippen LogP contribution in [0.1, 0.15) is 21.5 Å². The van der Waals surface area contributed by atoms with Crippen LogP contribution in [0.4, 0.5) is 18.9 Å². The van der Waals surface area contributed by atoms with Gasteiger partial charge in [-0.25, -0.2) is 13.2 Å². The first-order valence-electron chi connectivity index (χ1n) is 5.45. The van der Waals surface area contributed by atoms with E-state index < -0.39 is 28.8 Å². The molecule has 0 unspecified atom stereocenters. The fraction of sp³-hybridized carbons (Fsp3) is 0.0714. The molecule has 0 saturated heterocycles. The summed E-state index contributed by atoms with van der Waals surface area (Å²) in [6, 6.07) is 5.03. The van der Waals surface area contributed by atoms with Crippen molar-refractivity contribution in [2.45, 2.75) is 6.92 Å². The van der Waals surface area contributed by atoms with Gasteiger partial charge in [0.15, 0.2) is 5.78 Å². The highest BCUT2D eigenvalue weighted by molar-refractivity contribution is 6.09. The summed E-state index contributed by atoms with van der Waals surface area (Å²) < 4.78 is 40.6. The molecule has 2 nitrogen and oxygen atoms in total. The molecule has 0 saturated carbocycles. The Bertz CT molecular complexity index is 668. The molecule has 0 fully saturated rings. The molecule has 98 valence electrons. The van der Waals surface area contributed by atoms with Gasteiger partial charge in [-0.2, -0.15) is 0 Å². The number of aryl methyl sites for hydroxylation is 1. The molecule has 0 atom stereocenters. The van der Waals surface area contributed by atoms with E-state index in [1.807, 2.05) is 0 Å². The number of carbonyl (C=O) groups is 1. The molecule has 0 aliphatic carbocycles. The van der Waals surface area contributed by atoms with E-state index in [4.69, 9.17) is 5.73 Å². The molecular weight excluding hydrogens is 255 g/mol. The molecule has 0 aliphatic heterocycles. The average Bonchev–Trinajstić information content (AvgIpc) is 2.36. The average molecular weight is 265 g/mol. The lowest BCUT2D eigenvalue weighted by Gasteiger charge is -2.06. The van der Waals surface area contributed by atoms with Crippen molar-refractivity contribution in [2.75, 3.05) is 5.73 Å². The van der Waals surface area contributed by atoms with Gasteiger partial charge in [-0.15, -0.1) is 0 Å². The van der Waals surface area contributed by atoms with Crippen LogP contribution in [0.3, 0.4) is 0 Å². The zero-order chi connectivity index (χ0) is 14.2. The van der Waals surface area contributed by atoms with Gasteiger partial charge in [0.1, 0.15) is 17.5 Å². The largest absolute Gasteiger partial charge is 0.399 e. The number of nitrogens with two attached hydrogens (primary N) is 1. The van der Waals surface area contributed by atoms with E-state index in [-0.39, 0.29) is 16.8 Å². The molecule has 0 aliphatic rings. The number of carbonyl (C=O) groups excluding carboxylic acids is 1. The Morgan fingerprint density at radius 2 is 1.58 bits per heavy atom. The fourth-order valence-corrected chi connectivity index (χ4v) is 1.68. The third kappa shape index (κ3) is 2.45. The van der Waals surface area contributed by atoms with E-state index in [1.165, 1.54) is 13.0 Å². The van der Waals surface area contributed by atoms with Crippen LogP contribution in [0.5, 0.6) is 0 Å². The first-order valence-corrected chi connectivity index (χ1v) is 5.45. The number of ketones is 1. The molecule has 0 bridgehead atoms. The Hall–Kier alpha value is -2.30. The first kappa shape index (κ1) is 13.1. The van der Waals surface area contributed by atoms with Crippen LogP contribution in [-0.4, -0.2) is 5.78 Å². The molecule has 5 heteroatoms. The summed E-state index contributed by atoms with van der Waals surface area (Å²) in [4.78, 5) is 12.0. The van der Waals surface area contributed by atoms with Crippen molar-refractivity contribution in [3.05, 3.63) is 64.5 Å². The summed E-state index contributed by atoms with van der Waals surface area (Å²) in [5.74, 6) is -3.40. The Morgan fingerprint density at radius 3 is 2.26 bits per heavy atom. The lowest BCUT2D eigenvalue weighted by Crippen LogP contribution is -2.08. The van der Waals surface area contributed by atoms with Gasteiger partial charge in [-0.3, -0.25) is 4.79 Å². The monoisotopic (exact) mass is 265 g/mol. The molecule has 2 aromatic carbocycles. The molecular formula is C14H10F3NO. The molecule has 2 aromatic rings. The highest BCUT2D eigenvalue weighted by Crippen LogP contribution is 2.21. The SMILES string of the molecule is Cc1cc(F)c(C(=O)c2cc(N)ccc2F)cc1F. The Labute approximate surface area is 107 Å². The quantitative estimate of drug-likeness (QED) is 0.669. The molecule has 0 spiro atoms. The van der Waals surface area contributed by atoms with Crippen molar-refractivity contribution >= 4 is 11.5 Å². The maximum absolute atomic E-state index is 13.7. The normalized spacial score (nSPS) is 10.5. The molecule has 0 radical (unpaired) electrons. The van der Waals surface area contributed by atoms with Crippen molar-refractivity contribution in [3.8, 4) is 0 Å². The number of nitrogen functional groups attached to an aromatic ring is 1. The summed E-state index contributed by atoms with van der Waals surface area (Å²) in [7, 11) is 0. The second kappa shape index (κ2) is 4.76. The van der Waals surface area contributed by atoms with E-state index >= 15 is 0 Å². The van der Waals surface area contributed by atoms with Gasteiger partial charge < -0.3 is 5.73 Å². The van der Waals surface area contributed by atoms with Gasteiger partial charge in [0.25, 0.3) is 0 Å². The van der Waals surface area contributed by atoms with Crippen LogP contribution in [0.25, 0.3) is 0 Å². The second-order valence-corrected chi connectivity index (χ2v) is 4.15. The van der Waals surface area contributed by atoms with Gasteiger partial charge in [0, 0.05) is 5.69 Å². The van der Waals surface area contributed by atoms with Crippen LogP contribution in [-0.2, 0) is 0 Å². The van der Waals surface area contributed by atoms with Gasteiger partial charge >= 0.3 is 0 Å².